The van der Waals surface area contributed by atoms with Gasteiger partial charge in [0.25, 0.3) is 5.91 Å². The van der Waals surface area contributed by atoms with Gasteiger partial charge in [-0.25, -0.2) is 9.07 Å². The molecule has 0 radical (unpaired) electrons. The van der Waals surface area contributed by atoms with Gasteiger partial charge in [-0.3, -0.25) is 9.59 Å². The zero-order chi connectivity index (χ0) is 22.9. The van der Waals surface area contributed by atoms with Crippen LogP contribution in [0.4, 0.5) is 10.2 Å². The van der Waals surface area contributed by atoms with Crippen molar-refractivity contribution in [3.63, 3.8) is 0 Å². The summed E-state index contributed by atoms with van der Waals surface area (Å²) in [5.74, 6) is -0.413. The molecule has 0 bridgehead atoms. The van der Waals surface area contributed by atoms with Crippen molar-refractivity contribution in [1.29, 1.82) is 5.26 Å². The molecule has 1 aromatic carbocycles. The molecule has 4 N–H and O–H groups in total. The standard InChI is InChI=1S/C22H23FN6O2S/c23-15-7-9-16(10-8-15)29-21(25)17(14-24)18(28-29)4-1-11-26-20(30)6-2-12-27-22(31)19-5-3-13-32-19/h3,5,7-10,13H,1-2,4,6,11-12,25H2,(H,26,30)(H,27,31). The van der Waals surface area contributed by atoms with Crippen LogP contribution in [0.2, 0.25) is 0 Å². The van der Waals surface area contributed by atoms with Crippen molar-refractivity contribution in [2.45, 2.75) is 25.7 Å². The lowest BCUT2D eigenvalue weighted by molar-refractivity contribution is -0.121. The number of halogens is 1. The molecule has 0 fully saturated rings. The maximum absolute atomic E-state index is 13.1. The maximum Gasteiger partial charge on any atom is 0.261 e. The normalized spacial score (nSPS) is 10.5. The smallest absolute Gasteiger partial charge is 0.261 e. The van der Waals surface area contributed by atoms with Crippen LogP contribution in [-0.4, -0.2) is 34.7 Å². The minimum atomic E-state index is -0.374. The zero-order valence-corrected chi connectivity index (χ0v) is 18.1. The lowest BCUT2D eigenvalue weighted by Gasteiger charge is -2.06. The molecule has 10 heteroatoms. The fraction of sp³-hybridized carbons (Fsp3) is 0.273. The number of rotatable bonds is 10. The highest BCUT2D eigenvalue weighted by Crippen LogP contribution is 2.21. The first-order chi connectivity index (χ1) is 15.5. The van der Waals surface area contributed by atoms with E-state index >= 15 is 0 Å². The maximum atomic E-state index is 13.1. The number of nitrogens with one attached hydrogen (secondary N) is 2. The summed E-state index contributed by atoms with van der Waals surface area (Å²) in [6.07, 6.45) is 1.88. The van der Waals surface area contributed by atoms with Gasteiger partial charge in [0.2, 0.25) is 5.91 Å². The van der Waals surface area contributed by atoms with Crippen LogP contribution >= 0.6 is 11.3 Å². The Kier molecular flexibility index (Phi) is 7.94. The van der Waals surface area contributed by atoms with Gasteiger partial charge >= 0.3 is 0 Å². The van der Waals surface area contributed by atoms with E-state index in [1.165, 1.54) is 40.3 Å². The van der Waals surface area contributed by atoms with E-state index < -0.39 is 0 Å². The molecule has 0 aliphatic heterocycles. The summed E-state index contributed by atoms with van der Waals surface area (Å²) in [7, 11) is 0. The molecule has 0 unspecified atom stereocenters. The van der Waals surface area contributed by atoms with Gasteiger partial charge in [0, 0.05) is 19.5 Å². The highest BCUT2D eigenvalue weighted by atomic mass is 32.1. The second kappa shape index (κ2) is 11.1. The number of aryl methyl sites for hydroxylation is 1. The fourth-order valence-corrected chi connectivity index (χ4v) is 3.71. The molecule has 8 nitrogen and oxygen atoms in total. The van der Waals surface area contributed by atoms with Gasteiger partial charge in [-0.05, 0) is 55.0 Å². The second-order valence-corrected chi connectivity index (χ2v) is 7.94. The van der Waals surface area contributed by atoms with E-state index in [1.807, 2.05) is 11.4 Å². The summed E-state index contributed by atoms with van der Waals surface area (Å²) in [5.41, 5.74) is 7.41. The summed E-state index contributed by atoms with van der Waals surface area (Å²) >= 11 is 1.37. The molecule has 0 saturated carbocycles. The van der Waals surface area contributed by atoms with Crippen LogP contribution in [0.25, 0.3) is 5.69 Å². The molecule has 0 spiro atoms. The third-order valence-corrected chi connectivity index (χ3v) is 5.57. The van der Waals surface area contributed by atoms with Gasteiger partial charge in [-0.15, -0.1) is 11.3 Å². The van der Waals surface area contributed by atoms with E-state index in [0.717, 1.165) is 0 Å². The van der Waals surface area contributed by atoms with E-state index in [0.29, 0.717) is 55.0 Å². The fourth-order valence-electron chi connectivity index (χ4n) is 3.07. The third-order valence-electron chi connectivity index (χ3n) is 4.70. The van der Waals surface area contributed by atoms with Crippen LogP contribution < -0.4 is 16.4 Å². The molecule has 166 valence electrons. The number of amides is 2. The lowest BCUT2D eigenvalue weighted by atomic mass is 10.1. The number of aromatic nitrogens is 2. The number of anilines is 1. The second-order valence-electron chi connectivity index (χ2n) is 7.00. The largest absolute Gasteiger partial charge is 0.382 e. The SMILES string of the molecule is N#Cc1c(CCCNC(=O)CCCNC(=O)c2cccs2)nn(-c2ccc(F)cc2)c1N. The summed E-state index contributed by atoms with van der Waals surface area (Å²) in [4.78, 5) is 24.4. The summed E-state index contributed by atoms with van der Waals surface area (Å²) in [6.45, 7) is 0.852. The first-order valence-corrected chi connectivity index (χ1v) is 11.0. The quantitative estimate of drug-likeness (QED) is 0.406. The molecule has 0 atom stereocenters. The molecule has 2 amide bonds. The van der Waals surface area contributed by atoms with Gasteiger partial charge in [-0.1, -0.05) is 6.07 Å². The summed E-state index contributed by atoms with van der Waals surface area (Å²) in [6, 6.07) is 11.3. The van der Waals surface area contributed by atoms with Gasteiger partial charge in [0.05, 0.1) is 16.3 Å². The van der Waals surface area contributed by atoms with E-state index in [-0.39, 0.29) is 29.0 Å². The van der Waals surface area contributed by atoms with Crippen molar-refractivity contribution in [3.05, 3.63) is 63.7 Å². The Morgan fingerprint density at radius 2 is 1.91 bits per heavy atom. The Labute approximate surface area is 188 Å². The number of carbonyl (C=O) groups excluding carboxylic acids is 2. The van der Waals surface area contributed by atoms with Gasteiger partial charge in [-0.2, -0.15) is 10.4 Å². The number of thiophene rings is 1. The predicted octanol–water partition coefficient (Wildman–Crippen LogP) is 2.79. The number of nitrogens with zero attached hydrogens (tertiary/aromatic N) is 3. The van der Waals surface area contributed by atoms with Crippen molar-refractivity contribution < 1.29 is 14.0 Å². The van der Waals surface area contributed by atoms with E-state index in [1.54, 1.807) is 6.07 Å². The summed E-state index contributed by atoms with van der Waals surface area (Å²) < 4.78 is 14.6. The van der Waals surface area contributed by atoms with E-state index in [9.17, 15) is 19.2 Å². The Hall–Kier alpha value is -3.71. The first-order valence-electron chi connectivity index (χ1n) is 10.1. The molecule has 2 aromatic heterocycles. The topological polar surface area (TPSA) is 126 Å². The van der Waals surface area contributed by atoms with Crippen LogP contribution in [-0.2, 0) is 11.2 Å². The average Bonchev–Trinajstić information content (AvgIpc) is 3.43. The number of nitriles is 1. The van der Waals surface area contributed by atoms with Crippen molar-refractivity contribution in [2.24, 2.45) is 0 Å². The lowest BCUT2D eigenvalue weighted by Crippen LogP contribution is -2.27. The van der Waals surface area contributed by atoms with Crippen molar-refractivity contribution in [2.75, 3.05) is 18.8 Å². The first kappa shape index (κ1) is 23.0. The molecule has 2 heterocycles. The molecule has 32 heavy (non-hydrogen) atoms. The Morgan fingerprint density at radius 3 is 2.59 bits per heavy atom. The highest BCUT2D eigenvalue weighted by molar-refractivity contribution is 7.12. The zero-order valence-electron chi connectivity index (χ0n) is 17.3. The van der Waals surface area contributed by atoms with Crippen molar-refractivity contribution >= 4 is 29.0 Å². The molecule has 3 aromatic rings. The molecular weight excluding hydrogens is 431 g/mol. The minimum absolute atomic E-state index is 0.104. The van der Waals surface area contributed by atoms with Crippen LogP contribution in [0.3, 0.4) is 0 Å². The number of carbonyl (C=O) groups is 2. The number of nitrogen functional groups attached to an aromatic ring is 1. The van der Waals surface area contributed by atoms with Gasteiger partial charge in [0.1, 0.15) is 23.3 Å². The predicted molar refractivity (Wildman–Crippen MR) is 120 cm³/mol. The van der Waals surface area contributed by atoms with Crippen LogP contribution in [0.15, 0.2) is 41.8 Å². The van der Waals surface area contributed by atoms with Crippen molar-refractivity contribution in [1.82, 2.24) is 20.4 Å². The minimum Gasteiger partial charge on any atom is -0.382 e. The van der Waals surface area contributed by atoms with Crippen molar-refractivity contribution in [3.8, 4) is 11.8 Å². The molecule has 0 saturated heterocycles. The Balaban J connectivity index is 1.41. The third kappa shape index (κ3) is 5.92. The van der Waals surface area contributed by atoms with Crippen LogP contribution in [0.1, 0.15) is 40.2 Å². The molecule has 0 aliphatic rings. The highest BCUT2D eigenvalue weighted by Gasteiger charge is 2.16. The van der Waals surface area contributed by atoms with Crippen LogP contribution in [0, 0.1) is 17.1 Å². The number of benzene rings is 1. The number of hydrogen-bond donors (Lipinski definition) is 3. The summed E-state index contributed by atoms with van der Waals surface area (Å²) in [5, 5.41) is 21.3. The number of nitrogens with two attached hydrogens (primary N) is 1. The van der Waals surface area contributed by atoms with Gasteiger partial charge in [0.15, 0.2) is 0 Å². The van der Waals surface area contributed by atoms with E-state index in [2.05, 4.69) is 21.8 Å². The Morgan fingerprint density at radius 1 is 1.16 bits per heavy atom. The molecule has 3 rings (SSSR count). The monoisotopic (exact) mass is 454 g/mol. The Bertz CT molecular complexity index is 1100. The van der Waals surface area contributed by atoms with Gasteiger partial charge < -0.3 is 16.4 Å². The molecule has 0 aliphatic carbocycles. The average molecular weight is 455 g/mol. The molecular formula is C22H23FN6O2S. The van der Waals surface area contributed by atoms with Crippen LogP contribution in [0.5, 0.6) is 0 Å². The number of hydrogen-bond acceptors (Lipinski definition) is 6. The van der Waals surface area contributed by atoms with E-state index in [4.69, 9.17) is 5.73 Å².